The predicted octanol–water partition coefficient (Wildman–Crippen LogP) is 2.83. The van der Waals surface area contributed by atoms with E-state index in [9.17, 15) is 9.59 Å². The van der Waals surface area contributed by atoms with E-state index in [1.54, 1.807) is 0 Å². The number of rotatable bonds is 3. The van der Waals surface area contributed by atoms with Gasteiger partial charge in [0.1, 0.15) is 6.26 Å². The van der Waals surface area contributed by atoms with Crippen molar-refractivity contribution in [1.29, 1.82) is 0 Å². The van der Waals surface area contributed by atoms with Gasteiger partial charge in [-0.1, -0.05) is 0 Å². The van der Waals surface area contributed by atoms with Gasteiger partial charge in [0.05, 0.1) is 5.56 Å². The van der Waals surface area contributed by atoms with Gasteiger partial charge in [0.15, 0.2) is 0 Å². The number of hydrogen-bond acceptors (Lipinski definition) is 3. The molecule has 0 spiro atoms. The fraction of sp³-hybridized carbons (Fsp3) is 0.667. The number of nitrogens with one attached hydrogen (secondary N) is 1. The maximum atomic E-state index is 12.3. The molecular weight excluding hydrogens is 278 g/mol. The van der Waals surface area contributed by atoms with Gasteiger partial charge in [0.2, 0.25) is 0 Å². The molecule has 0 saturated heterocycles. The molecule has 22 heavy (non-hydrogen) atoms. The molecule has 3 bridgehead atoms. The first kappa shape index (κ1) is 14.0. The zero-order valence-corrected chi connectivity index (χ0v) is 13.0. The molecule has 3 fully saturated rings. The number of carbonyl (C=O) groups is 1. The van der Waals surface area contributed by atoms with Crippen LogP contribution >= 0.6 is 0 Å². The van der Waals surface area contributed by atoms with Crippen molar-refractivity contribution in [3.8, 4) is 0 Å². The first-order valence-electron chi connectivity index (χ1n) is 8.51. The van der Waals surface area contributed by atoms with Crippen LogP contribution in [0.15, 0.2) is 27.6 Å². The van der Waals surface area contributed by atoms with Gasteiger partial charge in [0, 0.05) is 12.1 Å². The summed E-state index contributed by atoms with van der Waals surface area (Å²) >= 11 is 0. The summed E-state index contributed by atoms with van der Waals surface area (Å²) in [5, 5.41) is 3.15. The van der Waals surface area contributed by atoms with Crippen molar-refractivity contribution in [2.45, 2.75) is 45.1 Å². The van der Waals surface area contributed by atoms with Crippen LogP contribution < -0.4 is 10.9 Å². The van der Waals surface area contributed by atoms with E-state index in [2.05, 4.69) is 12.2 Å². The Kier molecular flexibility index (Phi) is 3.35. The SMILES string of the molecule is C[C@@H](NC(=O)c1ccc(=O)oc1)[C@H]1[C@@H]2CC[C@H]3C[C@H](C2)C[C@@H]31. The molecule has 4 heteroatoms. The molecule has 1 amide bonds. The van der Waals surface area contributed by atoms with Gasteiger partial charge in [-0.2, -0.15) is 0 Å². The first-order valence-corrected chi connectivity index (χ1v) is 8.51. The van der Waals surface area contributed by atoms with Crippen LogP contribution in [0.1, 0.15) is 49.4 Å². The zero-order chi connectivity index (χ0) is 15.3. The highest BCUT2D eigenvalue weighted by molar-refractivity contribution is 5.93. The van der Waals surface area contributed by atoms with Crippen molar-refractivity contribution in [2.24, 2.45) is 29.6 Å². The Labute approximate surface area is 130 Å². The van der Waals surface area contributed by atoms with Crippen LogP contribution in [0.5, 0.6) is 0 Å². The van der Waals surface area contributed by atoms with E-state index in [4.69, 9.17) is 4.42 Å². The minimum Gasteiger partial charge on any atom is -0.430 e. The van der Waals surface area contributed by atoms with Gasteiger partial charge in [-0.25, -0.2) is 4.79 Å². The van der Waals surface area contributed by atoms with E-state index >= 15 is 0 Å². The molecule has 3 saturated carbocycles. The number of carbonyl (C=O) groups excluding carboxylic acids is 1. The molecule has 0 unspecified atom stereocenters. The quantitative estimate of drug-likeness (QED) is 0.934. The highest BCUT2D eigenvalue weighted by Gasteiger charge is 2.51. The van der Waals surface area contributed by atoms with Gasteiger partial charge in [-0.3, -0.25) is 4.79 Å². The molecule has 1 heterocycles. The van der Waals surface area contributed by atoms with Gasteiger partial charge in [-0.15, -0.1) is 0 Å². The van der Waals surface area contributed by atoms with Crippen molar-refractivity contribution < 1.29 is 9.21 Å². The van der Waals surface area contributed by atoms with Crippen LogP contribution in [-0.2, 0) is 0 Å². The highest BCUT2D eigenvalue weighted by Crippen LogP contribution is 2.58. The third-order valence-corrected chi connectivity index (χ3v) is 6.33. The van der Waals surface area contributed by atoms with E-state index in [1.807, 2.05) is 0 Å². The molecule has 0 radical (unpaired) electrons. The molecule has 3 aliphatic carbocycles. The molecule has 1 aromatic rings. The standard InChI is InChI=1S/C18H23NO3/c1-10(19-18(21)14-4-5-16(20)22-9-14)17-13-3-2-12-6-11(7-13)8-15(12)17/h4-5,9-13,15,17H,2-3,6-8H2,1H3,(H,19,21)/t10-,11-,12+,13-,15+,17+/m1/s1. The number of amides is 1. The summed E-state index contributed by atoms with van der Waals surface area (Å²) in [4.78, 5) is 23.3. The normalized spacial score (nSPS) is 37.0. The molecule has 0 aromatic carbocycles. The third kappa shape index (κ3) is 2.29. The van der Waals surface area contributed by atoms with Crippen molar-refractivity contribution >= 4 is 5.91 Å². The average molecular weight is 301 g/mol. The van der Waals surface area contributed by atoms with Gasteiger partial charge in [0.25, 0.3) is 5.91 Å². The largest absolute Gasteiger partial charge is 0.430 e. The Morgan fingerprint density at radius 1 is 1.23 bits per heavy atom. The van der Waals surface area contributed by atoms with Gasteiger partial charge in [-0.05, 0) is 74.7 Å². The van der Waals surface area contributed by atoms with Crippen LogP contribution in [0.3, 0.4) is 0 Å². The van der Waals surface area contributed by atoms with E-state index in [1.165, 1.54) is 50.5 Å². The Morgan fingerprint density at radius 3 is 2.77 bits per heavy atom. The second kappa shape index (κ2) is 5.25. The first-order chi connectivity index (χ1) is 10.6. The molecule has 6 atom stereocenters. The third-order valence-electron chi connectivity index (χ3n) is 6.33. The van der Waals surface area contributed by atoms with Crippen molar-refractivity contribution in [3.05, 3.63) is 34.4 Å². The Bertz CT molecular complexity index is 617. The lowest BCUT2D eigenvalue weighted by molar-refractivity contribution is 0.0518. The van der Waals surface area contributed by atoms with Crippen LogP contribution in [-0.4, -0.2) is 11.9 Å². The molecule has 1 aromatic heterocycles. The van der Waals surface area contributed by atoms with Gasteiger partial charge >= 0.3 is 5.63 Å². The Hall–Kier alpha value is -1.58. The average Bonchev–Trinajstić information content (AvgIpc) is 2.70. The Morgan fingerprint density at radius 2 is 2.00 bits per heavy atom. The van der Waals surface area contributed by atoms with Crippen LogP contribution in [0.4, 0.5) is 0 Å². The summed E-state index contributed by atoms with van der Waals surface area (Å²) in [6.45, 7) is 2.15. The van der Waals surface area contributed by atoms with E-state index in [0.29, 0.717) is 11.5 Å². The summed E-state index contributed by atoms with van der Waals surface area (Å²) in [5.41, 5.74) is 0.00269. The second-order valence-electron chi connectivity index (χ2n) is 7.52. The smallest absolute Gasteiger partial charge is 0.335 e. The van der Waals surface area contributed by atoms with Crippen LogP contribution in [0.2, 0.25) is 0 Å². The van der Waals surface area contributed by atoms with Crippen molar-refractivity contribution in [1.82, 2.24) is 5.32 Å². The number of fused-ring (bicyclic) bond motifs is 2. The fourth-order valence-electron chi connectivity index (χ4n) is 5.60. The summed E-state index contributed by atoms with van der Waals surface area (Å²) in [7, 11) is 0. The van der Waals surface area contributed by atoms with Crippen molar-refractivity contribution in [3.63, 3.8) is 0 Å². The molecule has 1 N–H and O–H groups in total. The second-order valence-corrected chi connectivity index (χ2v) is 7.52. The van der Waals surface area contributed by atoms with E-state index < -0.39 is 5.63 Å². The lowest BCUT2D eigenvalue weighted by Crippen LogP contribution is -2.48. The number of hydrogen-bond donors (Lipinski definition) is 1. The zero-order valence-electron chi connectivity index (χ0n) is 13.0. The molecule has 4 nitrogen and oxygen atoms in total. The molecule has 4 rings (SSSR count). The summed E-state index contributed by atoms with van der Waals surface area (Å²) in [6.07, 6.45) is 8.13. The highest BCUT2D eigenvalue weighted by atomic mass is 16.4. The predicted molar refractivity (Wildman–Crippen MR) is 82.4 cm³/mol. The van der Waals surface area contributed by atoms with Crippen LogP contribution in [0, 0.1) is 29.6 Å². The topological polar surface area (TPSA) is 59.3 Å². The van der Waals surface area contributed by atoms with E-state index in [-0.39, 0.29) is 11.9 Å². The maximum absolute atomic E-state index is 12.3. The molecule has 118 valence electrons. The fourth-order valence-corrected chi connectivity index (χ4v) is 5.60. The molecule has 0 aliphatic heterocycles. The monoisotopic (exact) mass is 301 g/mol. The molecular formula is C18H23NO3. The molecule has 3 aliphatic rings. The van der Waals surface area contributed by atoms with E-state index in [0.717, 1.165) is 23.7 Å². The summed E-state index contributed by atoms with van der Waals surface area (Å²) in [5.74, 6) is 3.92. The summed E-state index contributed by atoms with van der Waals surface area (Å²) in [6, 6.07) is 3.02. The minimum absolute atomic E-state index is 0.132. The summed E-state index contributed by atoms with van der Waals surface area (Å²) < 4.78 is 4.79. The van der Waals surface area contributed by atoms with Crippen molar-refractivity contribution in [2.75, 3.05) is 0 Å². The lowest BCUT2D eigenvalue weighted by Gasteiger charge is -2.45. The van der Waals surface area contributed by atoms with Gasteiger partial charge < -0.3 is 9.73 Å². The van der Waals surface area contributed by atoms with Crippen LogP contribution in [0.25, 0.3) is 0 Å². The maximum Gasteiger partial charge on any atom is 0.335 e. The minimum atomic E-state index is -0.425. The lowest BCUT2D eigenvalue weighted by atomic mass is 9.62. The Balaban J connectivity index is 1.48.